The lowest BCUT2D eigenvalue weighted by Gasteiger charge is -2.40. The van der Waals surface area contributed by atoms with Crippen molar-refractivity contribution in [3.63, 3.8) is 0 Å². The van der Waals surface area contributed by atoms with Crippen LogP contribution in [0.15, 0.2) is 47.6 Å². The van der Waals surface area contributed by atoms with Crippen LogP contribution in [0.4, 0.5) is 5.82 Å². The van der Waals surface area contributed by atoms with Gasteiger partial charge in [0, 0.05) is 38.2 Å². The number of carbonyl (C=O) groups is 1. The van der Waals surface area contributed by atoms with Crippen molar-refractivity contribution in [1.82, 2.24) is 15.6 Å². The van der Waals surface area contributed by atoms with Gasteiger partial charge in [0.05, 0.1) is 6.04 Å². The number of amides is 1. The summed E-state index contributed by atoms with van der Waals surface area (Å²) in [6.45, 7) is 2.44. The number of aromatic nitrogens is 1. The van der Waals surface area contributed by atoms with E-state index in [4.69, 9.17) is 4.74 Å². The summed E-state index contributed by atoms with van der Waals surface area (Å²) in [7, 11) is 1.75. The van der Waals surface area contributed by atoms with Gasteiger partial charge < -0.3 is 20.7 Å². The smallest absolute Gasteiger partial charge is 0.227 e. The number of carbonyl (C=O) groups excluding carboxylic acids is 1. The fourth-order valence-electron chi connectivity index (χ4n) is 4.47. The Labute approximate surface area is 183 Å². The van der Waals surface area contributed by atoms with Crippen LogP contribution in [-0.4, -0.2) is 36.0 Å². The molecule has 4 rings (SSSR count). The van der Waals surface area contributed by atoms with E-state index in [9.17, 15) is 4.79 Å². The van der Waals surface area contributed by atoms with Crippen LogP contribution in [0.1, 0.15) is 55.7 Å². The molecule has 1 aromatic carbocycles. The molecule has 1 aliphatic carbocycles. The van der Waals surface area contributed by atoms with E-state index in [1.807, 2.05) is 31.2 Å². The maximum Gasteiger partial charge on any atom is 0.227 e. The minimum absolute atomic E-state index is 0.0776. The molecule has 1 spiro atoms. The second-order valence-corrected chi connectivity index (χ2v) is 8.45. The number of para-hydroxylation sites is 1. The monoisotopic (exact) mass is 421 g/mol. The Balaban J connectivity index is 1.33. The van der Waals surface area contributed by atoms with Crippen LogP contribution in [0.2, 0.25) is 0 Å². The van der Waals surface area contributed by atoms with Crippen molar-refractivity contribution in [2.75, 3.05) is 18.9 Å². The zero-order valence-electron chi connectivity index (χ0n) is 18.3. The highest BCUT2D eigenvalue weighted by Crippen LogP contribution is 2.46. The van der Waals surface area contributed by atoms with Gasteiger partial charge in [-0.25, -0.2) is 4.98 Å². The molecule has 7 nitrogen and oxygen atoms in total. The molecule has 1 aliphatic heterocycles. The number of fused-ring (bicyclic) bond motifs is 1. The first kappa shape index (κ1) is 21.2. The lowest BCUT2D eigenvalue weighted by molar-refractivity contribution is -0.116. The van der Waals surface area contributed by atoms with E-state index in [1.54, 1.807) is 13.2 Å². The molecule has 2 aromatic rings. The molecule has 2 aliphatic rings. The maximum atomic E-state index is 12.2. The number of nitrogens with zero attached hydrogens (tertiary/aromatic N) is 2. The van der Waals surface area contributed by atoms with Gasteiger partial charge in [0.2, 0.25) is 5.91 Å². The molecule has 1 atom stereocenters. The molecule has 1 unspecified atom stereocenters. The highest BCUT2D eigenvalue weighted by molar-refractivity contribution is 5.90. The number of aliphatic imine (C=N–C) groups is 1. The van der Waals surface area contributed by atoms with Crippen LogP contribution >= 0.6 is 0 Å². The van der Waals surface area contributed by atoms with E-state index in [1.165, 1.54) is 12.8 Å². The molecule has 1 amide bonds. The van der Waals surface area contributed by atoms with Crippen molar-refractivity contribution in [3.05, 3.63) is 53.7 Å². The van der Waals surface area contributed by atoms with Gasteiger partial charge >= 0.3 is 0 Å². The van der Waals surface area contributed by atoms with Crippen molar-refractivity contribution in [2.45, 2.75) is 57.1 Å². The summed E-state index contributed by atoms with van der Waals surface area (Å²) in [4.78, 5) is 20.8. The number of nitrogens with one attached hydrogen (secondary N) is 3. The standard InChI is InChI=1S/C24H31N5O2/c1-17-9-10-21(27-16-17)29-22(30)11-14-26-23(25-2)28-19-15-24(12-5-6-13-24)31-20-8-4-3-7-18(19)20/h3-4,7-10,16,19H,5-6,11-15H2,1-2H3,(H2,25,26,28)(H,27,29,30). The number of guanidine groups is 1. The fraction of sp³-hybridized carbons (Fsp3) is 0.458. The number of rotatable bonds is 5. The molecule has 1 saturated carbocycles. The normalized spacial score (nSPS) is 19.4. The van der Waals surface area contributed by atoms with Crippen molar-refractivity contribution in [2.24, 2.45) is 4.99 Å². The van der Waals surface area contributed by atoms with E-state index in [2.05, 4.69) is 38.1 Å². The second-order valence-electron chi connectivity index (χ2n) is 8.45. The first-order valence-corrected chi connectivity index (χ1v) is 11.0. The highest BCUT2D eigenvalue weighted by Gasteiger charge is 2.43. The summed E-state index contributed by atoms with van der Waals surface area (Å²) < 4.78 is 6.44. The number of hydrogen-bond donors (Lipinski definition) is 3. The van der Waals surface area contributed by atoms with Gasteiger partial charge in [0.25, 0.3) is 0 Å². The summed E-state index contributed by atoms with van der Waals surface area (Å²) in [6, 6.07) is 12.1. The molecule has 31 heavy (non-hydrogen) atoms. The third-order valence-electron chi connectivity index (χ3n) is 6.07. The van der Waals surface area contributed by atoms with Gasteiger partial charge in [-0.1, -0.05) is 24.3 Å². The van der Waals surface area contributed by atoms with Gasteiger partial charge in [0.15, 0.2) is 5.96 Å². The molecule has 7 heteroatoms. The first-order chi connectivity index (χ1) is 15.1. The van der Waals surface area contributed by atoms with E-state index in [0.29, 0.717) is 24.7 Å². The summed E-state index contributed by atoms with van der Waals surface area (Å²) in [6.07, 6.45) is 7.61. The van der Waals surface area contributed by atoms with Gasteiger partial charge in [0.1, 0.15) is 17.2 Å². The van der Waals surface area contributed by atoms with Crippen molar-refractivity contribution in [3.8, 4) is 5.75 Å². The topological polar surface area (TPSA) is 87.6 Å². The summed E-state index contributed by atoms with van der Waals surface area (Å²) in [5.74, 6) is 2.14. The highest BCUT2D eigenvalue weighted by atomic mass is 16.5. The van der Waals surface area contributed by atoms with Crippen LogP contribution in [0.5, 0.6) is 5.75 Å². The number of hydrogen-bond acceptors (Lipinski definition) is 4. The fourth-order valence-corrected chi connectivity index (χ4v) is 4.47. The first-order valence-electron chi connectivity index (χ1n) is 11.0. The second kappa shape index (κ2) is 9.37. The number of benzene rings is 1. The van der Waals surface area contributed by atoms with Crippen LogP contribution in [0, 0.1) is 6.92 Å². The number of aryl methyl sites for hydroxylation is 1. The van der Waals surface area contributed by atoms with E-state index in [0.717, 1.165) is 36.1 Å². The molecular formula is C24H31N5O2. The Morgan fingerprint density at radius 2 is 2.03 bits per heavy atom. The zero-order valence-corrected chi connectivity index (χ0v) is 18.3. The van der Waals surface area contributed by atoms with E-state index >= 15 is 0 Å². The lowest BCUT2D eigenvalue weighted by atomic mass is 9.86. The molecule has 3 N–H and O–H groups in total. The Bertz CT molecular complexity index is 935. The molecule has 0 bridgehead atoms. The average molecular weight is 422 g/mol. The molecular weight excluding hydrogens is 390 g/mol. The molecule has 164 valence electrons. The average Bonchev–Trinajstić information content (AvgIpc) is 3.21. The lowest BCUT2D eigenvalue weighted by Crippen LogP contribution is -2.47. The van der Waals surface area contributed by atoms with Gasteiger partial charge in [-0.2, -0.15) is 0 Å². The number of anilines is 1. The number of pyridine rings is 1. The zero-order chi connectivity index (χ0) is 21.7. The van der Waals surface area contributed by atoms with Crippen LogP contribution in [-0.2, 0) is 4.79 Å². The molecule has 2 heterocycles. The minimum atomic E-state index is -0.0828. The Morgan fingerprint density at radius 1 is 1.23 bits per heavy atom. The quantitative estimate of drug-likeness (QED) is 0.506. The van der Waals surface area contributed by atoms with Crippen molar-refractivity contribution in [1.29, 1.82) is 0 Å². The summed E-state index contributed by atoms with van der Waals surface area (Å²) >= 11 is 0. The van der Waals surface area contributed by atoms with Crippen molar-refractivity contribution >= 4 is 17.7 Å². The molecule has 0 radical (unpaired) electrons. The van der Waals surface area contributed by atoms with Gasteiger partial charge in [-0.15, -0.1) is 0 Å². The van der Waals surface area contributed by atoms with Crippen molar-refractivity contribution < 1.29 is 9.53 Å². The maximum absolute atomic E-state index is 12.2. The minimum Gasteiger partial charge on any atom is -0.487 e. The Hall–Kier alpha value is -3.09. The molecule has 1 fully saturated rings. The van der Waals surface area contributed by atoms with Gasteiger partial charge in [-0.05, 0) is 50.3 Å². The molecule has 1 aromatic heterocycles. The Kier molecular flexibility index (Phi) is 6.39. The van der Waals surface area contributed by atoms with Crippen LogP contribution in [0.3, 0.4) is 0 Å². The molecule has 0 saturated heterocycles. The third-order valence-corrected chi connectivity index (χ3v) is 6.07. The largest absolute Gasteiger partial charge is 0.487 e. The summed E-state index contributed by atoms with van der Waals surface area (Å²) in [5, 5.41) is 9.65. The SMILES string of the molecule is CN=C(NCCC(=O)Nc1ccc(C)cn1)NC1CC2(CCCC2)Oc2ccccc21. The van der Waals surface area contributed by atoms with E-state index in [-0.39, 0.29) is 17.6 Å². The van der Waals surface area contributed by atoms with Crippen LogP contribution in [0.25, 0.3) is 0 Å². The number of ether oxygens (including phenoxy) is 1. The van der Waals surface area contributed by atoms with Gasteiger partial charge in [-0.3, -0.25) is 9.79 Å². The third kappa shape index (κ3) is 5.16. The Morgan fingerprint density at radius 3 is 2.77 bits per heavy atom. The van der Waals surface area contributed by atoms with E-state index < -0.39 is 0 Å². The predicted molar refractivity (Wildman–Crippen MR) is 122 cm³/mol. The van der Waals surface area contributed by atoms with Crippen LogP contribution < -0.4 is 20.7 Å². The predicted octanol–water partition coefficient (Wildman–Crippen LogP) is 3.72. The summed E-state index contributed by atoms with van der Waals surface area (Å²) in [5.41, 5.74) is 2.14.